The van der Waals surface area contributed by atoms with Gasteiger partial charge >= 0.3 is 0 Å². The summed E-state index contributed by atoms with van der Waals surface area (Å²) < 4.78 is 31.2. The molecule has 0 unspecified atom stereocenters. The Hall–Kier alpha value is -2.01. The highest BCUT2D eigenvalue weighted by molar-refractivity contribution is 7.92. The molecule has 0 bridgehead atoms. The van der Waals surface area contributed by atoms with Crippen molar-refractivity contribution >= 4 is 15.7 Å². The van der Waals surface area contributed by atoms with Gasteiger partial charge in [-0.1, -0.05) is 42.5 Å². The van der Waals surface area contributed by atoms with Crippen molar-refractivity contribution in [3.05, 3.63) is 60.2 Å². The van der Waals surface area contributed by atoms with Crippen LogP contribution in [0.4, 0.5) is 5.69 Å². The number of anilines is 1. The van der Waals surface area contributed by atoms with Crippen LogP contribution in [0.25, 0.3) is 0 Å². The number of sulfonamides is 1. The Labute approximate surface area is 126 Å². The Balaban J connectivity index is 2.42. The van der Waals surface area contributed by atoms with E-state index in [2.05, 4.69) is 0 Å². The van der Waals surface area contributed by atoms with Gasteiger partial charge in [0.2, 0.25) is 10.0 Å². The maximum absolute atomic E-state index is 12.2. The van der Waals surface area contributed by atoms with Crippen LogP contribution < -0.4 is 9.04 Å². The average Bonchev–Trinajstić information content (AvgIpc) is 2.46. The minimum Gasteiger partial charge on any atom is -0.492 e. The summed E-state index contributed by atoms with van der Waals surface area (Å²) in [4.78, 5) is 0. The van der Waals surface area contributed by atoms with Crippen LogP contribution in [0.5, 0.6) is 5.75 Å². The molecule has 0 N–H and O–H groups in total. The Morgan fingerprint density at radius 1 is 1.00 bits per heavy atom. The lowest BCUT2D eigenvalue weighted by Gasteiger charge is -2.24. The summed E-state index contributed by atoms with van der Waals surface area (Å²) in [5.74, 6) is 0.571. The van der Waals surface area contributed by atoms with Crippen LogP contribution in [-0.4, -0.2) is 21.3 Å². The zero-order chi connectivity index (χ0) is 15.3. The molecule has 0 saturated heterocycles. The van der Waals surface area contributed by atoms with Crippen LogP contribution in [-0.2, 0) is 16.6 Å². The molecule has 0 saturated carbocycles. The van der Waals surface area contributed by atoms with E-state index in [1.807, 2.05) is 43.3 Å². The molecule has 112 valence electrons. The third-order valence-corrected chi connectivity index (χ3v) is 4.13. The van der Waals surface area contributed by atoms with Crippen molar-refractivity contribution in [2.75, 3.05) is 17.2 Å². The zero-order valence-corrected chi connectivity index (χ0v) is 13.0. The van der Waals surface area contributed by atoms with Crippen LogP contribution in [0.2, 0.25) is 0 Å². The van der Waals surface area contributed by atoms with Crippen molar-refractivity contribution < 1.29 is 13.2 Å². The molecule has 0 radical (unpaired) electrons. The molecule has 0 atom stereocenters. The Morgan fingerprint density at radius 3 is 2.24 bits per heavy atom. The quantitative estimate of drug-likeness (QED) is 0.824. The van der Waals surface area contributed by atoms with Gasteiger partial charge in [-0.05, 0) is 24.6 Å². The van der Waals surface area contributed by atoms with Gasteiger partial charge in [-0.3, -0.25) is 4.31 Å². The normalized spacial score (nSPS) is 11.1. The maximum Gasteiger partial charge on any atom is 0.232 e. The fourth-order valence-electron chi connectivity index (χ4n) is 2.07. The van der Waals surface area contributed by atoms with Gasteiger partial charge in [0.05, 0.1) is 25.1 Å². The molecular formula is C16H19NO3S. The highest BCUT2D eigenvalue weighted by Gasteiger charge is 2.21. The van der Waals surface area contributed by atoms with E-state index in [9.17, 15) is 8.42 Å². The largest absolute Gasteiger partial charge is 0.492 e. The topological polar surface area (TPSA) is 46.6 Å². The lowest BCUT2D eigenvalue weighted by atomic mass is 10.2. The van der Waals surface area contributed by atoms with Crippen molar-refractivity contribution in [1.29, 1.82) is 0 Å². The van der Waals surface area contributed by atoms with Crippen molar-refractivity contribution in [3.63, 3.8) is 0 Å². The van der Waals surface area contributed by atoms with Gasteiger partial charge in [-0.25, -0.2) is 8.42 Å². The molecule has 5 heteroatoms. The number of hydrogen-bond acceptors (Lipinski definition) is 3. The lowest BCUT2D eigenvalue weighted by molar-refractivity contribution is 0.341. The second-order valence-corrected chi connectivity index (χ2v) is 6.56. The summed E-state index contributed by atoms with van der Waals surface area (Å²) >= 11 is 0. The fourth-order valence-corrected chi connectivity index (χ4v) is 2.96. The molecule has 21 heavy (non-hydrogen) atoms. The predicted molar refractivity (Wildman–Crippen MR) is 85.1 cm³/mol. The van der Waals surface area contributed by atoms with Crippen LogP contribution >= 0.6 is 0 Å². The molecule has 0 amide bonds. The molecule has 0 aromatic heterocycles. The van der Waals surface area contributed by atoms with E-state index in [0.29, 0.717) is 18.0 Å². The highest BCUT2D eigenvalue weighted by Crippen LogP contribution is 2.31. The smallest absolute Gasteiger partial charge is 0.232 e. The van der Waals surface area contributed by atoms with E-state index in [4.69, 9.17) is 4.74 Å². The molecule has 0 aliphatic heterocycles. The summed E-state index contributed by atoms with van der Waals surface area (Å²) in [7, 11) is -3.40. The fraction of sp³-hybridized carbons (Fsp3) is 0.250. The number of ether oxygens (including phenoxy) is 1. The number of nitrogens with zero attached hydrogens (tertiary/aromatic N) is 1. The SMILES string of the molecule is CCOc1ccccc1N(Cc1ccccc1)S(C)(=O)=O. The van der Waals surface area contributed by atoms with Crippen LogP contribution in [0.3, 0.4) is 0 Å². The highest BCUT2D eigenvalue weighted by atomic mass is 32.2. The molecule has 2 rings (SSSR count). The predicted octanol–water partition coefficient (Wildman–Crippen LogP) is 3.05. The third kappa shape index (κ3) is 3.98. The summed E-state index contributed by atoms with van der Waals surface area (Å²) in [5, 5.41) is 0. The first-order valence-electron chi connectivity index (χ1n) is 6.76. The van der Waals surface area contributed by atoms with E-state index >= 15 is 0 Å². The first kappa shape index (κ1) is 15.4. The Morgan fingerprint density at radius 2 is 1.62 bits per heavy atom. The summed E-state index contributed by atoms with van der Waals surface area (Å²) in [6.07, 6.45) is 1.21. The molecular weight excluding hydrogens is 286 g/mol. The van der Waals surface area contributed by atoms with Gasteiger partial charge in [0.15, 0.2) is 0 Å². The Kier molecular flexibility index (Phi) is 4.85. The number of para-hydroxylation sites is 2. The first-order chi connectivity index (χ1) is 10.0. The van der Waals surface area contributed by atoms with Crippen molar-refractivity contribution in [2.24, 2.45) is 0 Å². The van der Waals surface area contributed by atoms with Gasteiger partial charge in [0, 0.05) is 0 Å². The average molecular weight is 305 g/mol. The minimum atomic E-state index is -3.40. The lowest BCUT2D eigenvalue weighted by Crippen LogP contribution is -2.29. The van der Waals surface area contributed by atoms with E-state index in [1.54, 1.807) is 18.2 Å². The molecule has 2 aromatic carbocycles. The zero-order valence-electron chi connectivity index (χ0n) is 12.2. The van der Waals surface area contributed by atoms with Gasteiger partial charge in [0.25, 0.3) is 0 Å². The van der Waals surface area contributed by atoms with Crippen molar-refractivity contribution in [2.45, 2.75) is 13.5 Å². The maximum atomic E-state index is 12.2. The van der Waals surface area contributed by atoms with Crippen molar-refractivity contribution in [1.82, 2.24) is 0 Å². The molecule has 0 aliphatic carbocycles. The molecule has 4 nitrogen and oxygen atoms in total. The minimum absolute atomic E-state index is 0.282. The number of rotatable bonds is 6. The first-order valence-corrected chi connectivity index (χ1v) is 8.60. The van der Waals surface area contributed by atoms with Crippen LogP contribution in [0, 0.1) is 0 Å². The number of hydrogen-bond donors (Lipinski definition) is 0. The summed E-state index contributed by atoms with van der Waals surface area (Å²) in [6.45, 7) is 2.64. The standard InChI is InChI=1S/C16H19NO3S/c1-3-20-16-12-8-7-11-15(16)17(21(2,18)19)13-14-9-5-4-6-10-14/h4-12H,3,13H2,1-2H3. The molecule has 0 heterocycles. The molecule has 0 fully saturated rings. The van der Waals surface area contributed by atoms with E-state index < -0.39 is 10.0 Å². The van der Waals surface area contributed by atoms with Crippen molar-refractivity contribution in [3.8, 4) is 5.75 Å². The molecule has 2 aromatic rings. The Bertz CT molecular complexity index is 684. The summed E-state index contributed by atoms with van der Waals surface area (Å²) in [6, 6.07) is 16.7. The van der Waals surface area contributed by atoms with Gasteiger partial charge in [0.1, 0.15) is 5.75 Å². The summed E-state index contributed by atoms with van der Waals surface area (Å²) in [5.41, 5.74) is 1.49. The van der Waals surface area contributed by atoms with Gasteiger partial charge < -0.3 is 4.74 Å². The van der Waals surface area contributed by atoms with Gasteiger partial charge in [-0.15, -0.1) is 0 Å². The van der Waals surface area contributed by atoms with Gasteiger partial charge in [-0.2, -0.15) is 0 Å². The van der Waals surface area contributed by atoms with Crippen LogP contribution in [0.1, 0.15) is 12.5 Å². The second kappa shape index (κ2) is 6.63. The molecule has 0 aliphatic rings. The number of benzene rings is 2. The second-order valence-electron chi connectivity index (χ2n) is 4.66. The molecule has 0 spiro atoms. The monoisotopic (exact) mass is 305 g/mol. The van der Waals surface area contributed by atoms with E-state index in [0.717, 1.165) is 5.56 Å². The van der Waals surface area contributed by atoms with E-state index in [1.165, 1.54) is 10.6 Å². The van der Waals surface area contributed by atoms with E-state index in [-0.39, 0.29) is 6.54 Å². The van der Waals surface area contributed by atoms with Crippen LogP contribution in [0.15, 0.2) is 54.6 Å². The third-order valence-electron chi connectivity index (χ3n) is 3.00.